The molecule has 0 unspecified atom stereocenters. The Balaban J connectivity index is 1.94. The summed E-state index contributed by atoms with van der Waals surface area (Å²) >= 11 is 1.42. The number of hydrogen-bond acceptors (Lipinski definition) is 4. The third kappa shape index (κ3) is 6.45. The van der Waals surface area contributed by atoms with E-state index < -0.39 is 24.0 Å². The van der Waals surface area contributed by atoms with Crippen LogP contribution in [0.25, 0.3) is 10.4 Å². The molecule has 0 saturated heterocycles. The summed E-state index contributed by atoms with van der Waals surface area (Å²) in [6.07, 6.45) is 1.73. The molecular weight excluding hydrogens is 467 g/mol. The lowest BCUT2D eigenvalue weighted by atomic mass is 9.98. The number of aliphatic carboxylic acids is 1. The number of aryl methyl sites for hydroxylation is 3. The average molecular weight is 499 g/mol. The van der Waals surface area contributed by atoms with Gasteiger partial charge in [0.15, 0.2) is 0 Å². The second-order valence-corrected chi connectivity index (χ2v) is 10.3. The molecule has 2 heterocycles. The Morgan fingerprint density at radius 2 is 1.77 bits per heavy atom. The van der Waals surface area contributed by atoms with Gasteiger partial charge in [-0.25, -0.2) is 4.39 Å². The summed E-state index contributed by atoms with van der Waals surface area (Å²) in [5.74, 6) is -1.63. The summed E-state index contributed by atoms with van der Waals surface area (Å²) in [6.45, 7) is 9.40. The first-order valence-corrected chi connectivity index (χ1v) is 12.4. The van der Waals surface area contributed by atoms with Crippen LogP contribution in [0.15, 0.2) is 46.7 Å². The molecule has 1 aromatic carbocycles. The highest BCUT2D eigenvalue weighted by Gasteiger charge is 2.27. The third-order valence-corrected chi connectivity index (χ3v) is 6.86. The van der Waals surface area contributed by atoms with Crippen LogP contribution in [0.2, 0.25) is 0 Å². The number of thiophene rings is 1. The van der Waals surface area contributed by atoms with Crippen molar-refractivity contribution in [1.82, 2.24) is 9.88 Å². The molecular formula is C27H31FN2O4S. The number of carbonyl (C=O) groups is 2. The van der Waals surface area contributed by atoms with Crippen LogP contribution in [0, 0.1) is 32.5 Å². The molecule has 8 heteroatoms. The first kappa shape index (κ1) is 26.3. The summed E-state index contributed by atoms with van der Waals surface area (Å²) in [7, 11) is 0. The van der Waals surface area contributed by atoms with Crippen LogP contribution in [0.4, 0.5) is 4.39 Å². The van der Waals surface area contributed by atoms with Gasteiger partial charge in [-0.05, 0) is 90.6 Å². The normalized spacial score (nSPS) is 13.0. The summed E-state index contributed by atoms with van der Waals surface area (Å²) in [5.41, 5.74) is 3.64. The predicted octanol–water partition coefficient (Wildman–Crippen LogP) is 5.56. The quantitative estimate of drug-likeness (QED) is 0.404. The van der Waals surface area contributed by atoms with Gasteiger partial charge < -0.3 is 15.0 Å². The largest absolute Gasteiger partial charge is 0.481 e. The van der Waals surface area contributed by atoms with Crippen LogP contribution < -0.4 is 10.9 Å². The van der Waals surface area contributed by atoms with Crippen molar-refractivity contribution in [3.8, 4) is 10.4 Å². The number of carboxylic acids is 1. The standard InChI is InChI=1S/C27H31FN2O4S/c1-15(2)8-22(30-7-6-16(3)9-24(30)31)27(34)29-21(13-25(32)33)19-12-23(35-14-19)26-17(4)10-20(28)11-18(26)5/h6-7,9-12,14-15,21-22H,8,13H2,1-5H3,(H,29,34)(H,32,33)/t21-,22-/m1/s1. The van der Waals surface area contributed by atoms with Crippen LogP contribution in [0.3, 0.4) is 0 Å². The van der Waals surface area contributed by atoms with Gasteiger partial charge in [-0.1, -0.05) is 13.8 Å². The molecule has 0 spiro atoms. The second kappa shape index (κ2) is 11.0. The minimum atomic E-state index is -1.05. The Bertz CT molecular complexity index is 1270. The third-order valence-electron chi connectivity index (χ3n) is 5.90. The minimum Gasteiger partial charge on any atom is -0.481 e. The molecule has 0 radical (unpaired) electrons. The van der Waals surface area contributed by atoms with E-state index >= 15 is 0 Å². The highest BCUT2D eigenvalue weighted by atomic mass is 32.1. The number of pyridine rings is 1. The van der Waals surface area contributed by atoms with Crippen LogP contribution >= 0.6 is 11.3 Å². The summed E-state index contributed by atoms with van der Waals surface area (Å²) in [6, 6.07) is 6.49. The highest BCUT2D eigenvalue weighted by molar-refractivity contribution is 7.13. The van der Waals surface area contributed by atoms with Gasteiger partial charge >= 0.3 is 5.97 Å². The van der Waals surface area contributed by atoms with Gasteiger partial charge in [0.25, 0.3) is 5.56 Å². The fraction of sp³-hybridized carbons (Fsp3) is 0.370. The minimum absolute atomic E-state index is 0.133. The van der Waals surface area contributed by atoms with E-state index in [1.165, 1.54) is 34.1 Å². The first-order chi connectivity index (χ1) is 16.5. The van der Waals surface area contributed by atoms with Gasteiger partial charge in [-0.2, -0.15) is 0 Å². The highest BCUT2D eigenvalue weighted by Crippen LogP contribution is 2.35. The van der Waals surface area contributed by atoms with E-state index in [9.17, 15) is 23.9 Å². The molecule has 0 aliphatic heterocycles. The summed E-state index contributed by atoms with van der Waals surface area (Å²) < 4.78 is 15.2. The van der Waals surface area contributed by atoms with Gasteiger partial charge in [0.1, 0.15) is 11.9 Å². The van der Waals surface area contributed by atoms with Crippen LogP contribution in [-0.2, 0) is 9.59 Å². The van der Waals surface area contributed by atoms with Crippen molar-refractivity contribution in [3.63, 3.8) is 0 Å². The number of benzene rings is 1. The Morgan fingerprint density at radius 3 is 2.34 bits per heavy atom. The van der Waals surface area contributed by atoms with E-state index in [2.05, 4.69) is 5.32 Å². The molecule has 2 aromatic heterocycles. The van der Waals surface area contributed by atoms with E-state index in [-0.39, 0.29) is 23.7 Å². The molecule has 35 heavy (non-hydrogen) atoms. The molecule has 0 fully saturated rings. The number of nitrogens with zero attached hydrogens (tertiary/aromatic N) is 1. The van der Waals surface area contributed by atoms with E-state index in [0.29, 0.717) is 12.0 Å². The zero-order chi connectivity index (χ0) is 25.9. The van der Waals surface area contributed by atoms with Crippen molar-refractivity contribution in [2.75, 3.05) is 0 Å². The summed E-state index contributed by atoms with van der Waals surface area (Å²) in [4.78, 5) is 38.5. The average Bonchev–Trinajstić information content (AvgIpc) is 3.20. The van der Waals surface area contributed by atoms with E-state index in [0.717, 1.165) is 27.1 Å². The van der Waals surface area contributed by atoms with E-state index in [4.69, 9.17) is 0 Å². The molecule has 3 aromatic rings. The van der Waals surface area contributed by atoms with E-state index in [1.807, 2.05) is 46.1 Å². The first-order valence-electron chi connectivity index (χ1n) is 11.5. The lowest BCUT2D eigenvalue weighted by molar-refractivity contribution is -0.138. The molecule has 0 aliphatic rings. The van der Waals surface area contributed by atoms with Crippen molar-refractivity contribution in [3.05, 3.63) is 80.3 Å². The molecule has 3 rings (SSSR count). The van der Waals surface area contributed by atoms with E-state index in [1.54, 1.807) is 12.3 Å². The number of halogens is 1. The Morgan fingerprint density at radius 1 is 1.11 bits per heavy atom. The van der Waals surface area contributed by atoms with Gasteiger partial charge in [0.2, 0.25) is 5.91 Å². The SMILES string of the molecule is Cc1ccn([C@H](CC(C)C)C(=O)N[C@H](CC(=O)O)c2csc(-c3c(C)cc(F)cc3C)c2)c(=O)c1. The number of carbonyl (C=O) groups excluding carboxylic acids is 1. The smallest absolute Gasteiger partial charge is 0.305 e. The van der Waals surface area contributed by atoms with Gasteiger partial charge in [0.05, 0.1) is 12.5 Å². The van der Waals surface area contributed by atoms with Crippen molar-refractivity contribution >= 4 is 23.2 Å². The van der Waals surface area contributed by atoms with Gasteiger partial charge in [0, 0.05) is 17.1 Å². The number of hydrogen-bond donors (Lipinski definition) is 2. The molecule has 0 aliphatic carbocycles. The topological polar surface area (TPSA) is 88.4 Å². The molecule has 0 saturated carbocycles. The molecule has 1 amide bonds. The number of nitrogens with one attached hydrogen (secondary N) is 1. The monoisotopic (exact) mass is 498 g/mol. The second-order valence-electron chi connectivity index (χ2n) is 9.41. The van der Waals surface area contributed by atoms with Crippen molar-refractivity contribution in [2.24, 2.45) is 5.92 Å². The fourth-order valence-electron chi connectivity index (χ4n) is 4.30. The molecule has 2 N–H and O–H groups in total. The Hall–Kier alpha value is -3.26. The lowest BCUT2D eigenvalue weighted by Gasteiger charge is -2.24. The van der Waals surface area contributed by atoms with Gasteiger partial charge in [-0.3, -0.25) is 14.4 Å². The number of aromatic nitrogens is 1. The van der Waals surface area contributed by atoms with Crippen LogP contribution in [-0.4, -0.2) is 21.6 Å². The Kier molecular flexibility index (Phi) is 8.27. The number of amides is 1. The molecule has 186 valence electrons. The Labute approximate surface area is 208 Å². The van der Waals surface area contributed by atoms with Crippen molar-refractivity contribution in [2.45, 2.75) is 59.5 Å². The lowest BCUT2D eigenvalue weighted by Crippen LogP contribution is -2.40. The number of rotatable bonds is 9. The maximum Gasteiger partial charge on any atom is 0.305 e. The molecule has 0 bridgehead atoms. The molecule has 2 atom stereocenters. The van der Waals surface area contributed by atoms with Crippen molar-refractivity contribution < 1.29 is 19.1 Å². The van der Waals surface area contributed by atoms with Crippen LogP contribution in [0.1, 0.15) is 61.0 Å². The fourth-order valence-corrected chi connectivity index (χ4v) is 5.44. The maximum atomic E-state index is 13.8. The van der Waals surface area contributed by atoms with Gasteiger partial charge in [-0.15, -0.1) is 11.3 Å². The maximum absolute atomic E-state index is 13.8. The van der Waals surface area contributed by atoms with Crippen molar-refractivity contribution in [1.29, 1.82) is 0 Å². The zero-order valence-electron chi connectivity index (χ0n) is 20.6. The van der Waals surface area contributed by atoms with Crippen LogP contribution in [0.5, 0.6) is 0 Å². The zero-order valence-corrected chi connectivity index (χ0v) is 21.4. The molecule has 6 nitrogen and oxygen atoms in total. The predicted molar refractivity (Wildman–Crippen MR) is 136 cm³/mol. The summed E-state index contributed by atoms with van der Waals surface area (Å²) in [5, 5.41) is 14.2. The number of carboxylic acid groups (broad SMARTS) is 1.